The van der Waals surface area contributed by atoms with Crippen molar-refractivity contribution in [1.29, 1.82) is 5.26 Å². The SMILES string of the molecule is Cc1nnnn1C(Cc1ccccc1)C(=O)Nc1ccc(OCC(F)(F)F)c(C#N)c1. The summed E-state index contributed by atoms with van der Waals surface area (Å²) in [5.41, 5.74) is 0.969. The van der Waals surface area contributed by atoms with Gasteiger partial charge in [-0.15, -0.1) is 5.10 Å². The van der Waals surface area contributed by atoms with Gasteiger partial charge >= 0.3 is 6.18 Å². The fourth-order valence-electron chi connectivity index (χ4n) is 2.86. The molecule has 0 aliphatic heterocycles. The number of hydrogen-bond acceptors (Lipinski definition) is 6. The molecule has 160 valence electrons. The van der Waals surface area contributed by atoms with Gasteiger partial charge in [-0.05, 0) is 41.1 Å². The zero-order chi connectivity index (χ0) is 22.4. The highest BCUT2D eigenvalue weighted by Gasteiger charge is 2.29. The van der Waals surface area contributed by atoms with Crippen LogP contribution < -0.4 is 10.1 Å². The van der Waals surface area contributed by atoms with E-state index in [1.807, 2.05) is 30.3 Å². The second kappa shape index (κ2) is 9.25. The smallest absolute Gasteiger partial charge is 0.422 e. The molecule has 1 unspecified atom stereocenters. The monoisotopic (exact) mass is 430 g/mol. The molecule has 3 rings (SSSR count). The third-order valence-corrected chi connectivity index (χ3v) is 4.29. The van der Waals surface area contributed by atoms with Gasteiger partial charge in [0.2, 0.25) is 5.91 Å². The van der Waals surface area contributed by atoms with Crippen LogP contribution in [0.2, 0.25) is 0 Å². The van der Waals surface area contributed by atoms with E-state index >= 15 is 0 Å². The Bertz CT molecular complexity index is 1090. The third kappa shape index (κ3) is 5.79. The maximum atomic E-state index is 13.0. The standard InChI is InChI=1S/C20H17F3N6O2/c1-13-26-27-28-29(13)17(9-14-5-3-2-4-6-14)19(30)25-16-7-8-18(15(10-16)11-24)31-12-20(21,22)23/h2-8,10,17H,9,12H2,1H3,(H,25,30). The Labute approximate surface area is 175 Å². The summed E-state index contributed by atoms with van der Waals surface area (Å²) in [6.07, 6.45) is -4.23. The van der Waals surface area contributed by atoms with Crippen LogP contribution in [-0.4, -0.2) is 38.9 Å². The van der Waals surface area contributed by atoms with Gasteiger partial charge in [0.25, 0.3) is 0 Å². The van der Waals surface area contributed by atoms with Crippen molar-refractivity contribution in [2.45, 2.75) is 25.6 Å². The number of rotatable bonds is 7. The van der Waals surface area contributed by atoms with Crippen molar-refractivity contribution in [3.63, 3.8) is 0 Å². The number of nitrogens with one attached hydrogen (secondary N) is 1. The number of aromatic nitrogens is 4. The fourth-order valence-corrected chi connectivity index (χ4v) is 2.86. The lowest BCUT2D eigenvalue weighted by atomic mass is 10.0. The average Bonchev–Trinajstić information content (AvgIpc) is 3.16. The lowest BCUT2D eigenvalue weighted by molar-refractivity contribution is -0.153. The first-order valence-corrected chi connectivity index (χ1v) is 9.10. The molecule has 0 aliphatic carbocycles. The zero-order valence-corrected chi connectivity index (χ0v) is 16.3. The summed E-state index contributed by atoms with van der Waals surface area (Å²) in [4.78, 5) is 13.0. The molecule has 31 heavy (non-hydrogen) atoms. The van der Waals surface area contributed by atoms with Crippen molar-refractivity contribution in [1.82, 2.24) is 20.2 Å². The first kappa shape index (κ1) is 21.8. The maximum Gasteiger partial charge on any atom is 0.422 e. The molecule has 0 bridgehead atoms. The normalized spacial score (nSPS) is 12.1. The van der Waals surface area contributed by atoms with Crippen LogP contribution in [0.5, 0.6) is 5.75 Å². The summed E-state index contributed by atoms with van der Waals surface area (Å²) in [7, 11) is 0. The number of hydrogen-bond donors (Lipinski definition) is 1. The number of aryl methyl sites for hydroxylation is 1. The molecule has 1 atom stereocenters. The molecule has 3 aromatic rings. The van der Waals surface area contributed by atoms with Crippen LogP contribution in [-0.2, 0) is 11.2 Å². The third-order valence-electron chi connectivity index (χ3n) is 4.29. The Hall–Kier alpha value is -3.94. The van der Waals surface area contributed by atoms with Crippen LogP contribution in [0.25, 0.3) is 0 Å². The van der Waals surface area contributed by atoms with E-state index in [4.69, 9.17) is 0 Å². The van der Waals surface area contributed by atoms with E-state index in [1.54, 1.807) is 13.0 Å². The van der Waals surface area contributed by atoms with Gasteiger partial charge in [0, 0.05) is 12.1 Å². The van der Waals surface area contributed by atoms with E-state index in [-0.39, 0.29) is 17.0 Å². The molecule has 8 nitrogen and oxygen atoms in total. The minimum Gasteiger partial charge on any atom is -0.483 e. The van der Waals surface area contributed by atoms with Crippen LogP contribution in [0.3, 0.4) is 0 Å². The maximum absolute atomic E-state index is 13.0. The molecule has 1 aromatic heterocycles. The molecule has 0 aliphatic rings. The highest BCUT2D eigenvalue weighted by atomic mass is 19.4. The van der Waals surface area contributed by atoms with E-state index in [0.29, 0.717) is 12.2 Å². The van der Waals surface area contributed by atoms with Crippen LogP contribution >= 0.6 is 0 Å². The van der Waals surface area contributed by atoms with Crippen molar-refractivity contribution in [3.05, 3.63) is 65.5 Å². The van der Waals surface area contributed by atoms with Crippen molar-refractivity contribution in [2.75, 3.05) is 11.9 Å². The van der Waals surface area contributed by atoms with Gasteiger partial charge in [-0.1, -0.05) is 30.3 Å². The largest absolute Gasteiger partial charge is 0.483 e. The fraction of sp³-hybridized carbons (Fsp3) is 0.250. The molecule has 1 amide bonds. The van der Waals surface area contributed by atoms with E-state index in [9.17, 15) is 23.2 Å². The number of alkyl halides is 3. The number of anilines is 1. The number of nitrogens with zero attached hydrogens (tertiary/aromatic N) is 5. The van der Waals surface area contributed by atoms with E-state index in [0.717, 1.165) is 5.56 Å². The molecular weight excluding hydrogens is 413 g/mol. The van der Waals surface area contributed by atoms with E-state index < -0.39 is 24.7 Å². The molecule has 0 fully saturated rings. The number of tetrazole rings is 1. The van der Waals surface area contributed by atoms with Gasteiger partial charge in [-0.25, -0.2) is 4.68 Å². The van der Waals surface area contributed by atoms with E-state index in [2.05, 4.69) is 25.6 Å². The predicted molar refractivity (Wildman–Crippen MR) is 103 cm³/mol. The van der Waals surface area contributed by atoms with Crippen molar-refractivity contribution in [3.8, 4) is 11.8 Å². The Morgan fingerprint density at radius 3 is 2.61 bits per heavy atom. The van der Waals surface area contributed by atoms with Gasteiger partial charge in [0.05, 0.1) is 5.56 Å². The predicted octanol–water partition coefficient (Wildman–Crippen LogP) is 3.22. The lowest BCUT2D eigenvalue weighted by Crippen LogP contribution is -2.29. The number of ether oxygens (including phenoxy) is 1. The Morgan fingerprint density at radius 1 is 1.26 bits per heavy atom. The molecule has 0 saturated heterocycles. The molecule has 0 saturated carbocycles. The first-order valence-electron chi connectivity index (χ1n) is 9.10. The summed E-state index contributed by atoms with van der Waals surface area (Å²) in [5, 5.41) is 23.2. The highest BCUT2D eigenvalue weighted by molar-refractivity contribution is 5.94. The molecular formula is C20H17F3N6O2. The summed E-state index contributed by atoms with van der Waals surface area (Å²) < 4.78 is 43.2. The van der Waals surface area contributed by atoms with Crippen LogP contribution in [0.15, 0.2) is 48.5 Å². The molecule has 2 aromatic carbocycles. The number of carbonyl (C=O) groups excluding carboxylic acids is 1. The van der Waals surface area contributed by atoms with Gasteiger partial charge in [0.15, 0.2) is 6.61 Å². The number of nitriles is 1. The molecule has 11 heteroatoms. The van der Waals surface area contributed by atoms with Crippen molar-refractivity contribution >= 4 is 11.6 Å². The summed E-state index contributed by atoms with van der Waals surface area (Å²) in [6, 6.07) is 14.1. The van der Waals surface area contributed by atoms with Gasteiger partial charge < -0.3 is 10.1 Å². The topological polar surface area (TPSA) is 106 Å². The second-order valence-corrected chi connectivity index (χ2v) is 6.59. The van der Waals surface area contributed by atoms with Gasteiger partial charge in [-0.3, -0.25) is 4.79 Å². The van der Waals surface area contributed by atoms with Crippen molar-refractivity contribution < 1.29 is 22.7 Å². The second-order valence-electron chi connectivity index (χ2n) is 6.59. The Kier molecular flexibility index (Phi) is 6.49. The number of carbonyl (C=O) groups is 1. The van der Waals surface area contributed by atoms with Crippen molar-refractivity contribution in [2.24, 2.45) is 0 Å². The summed E-state index contributed by atoms with van der Waals surface area (Å²) >= 11 is 0. The average molecular weight is 430 g/mol. The quantitative estimate of drug-likeness (QED) is 0.617. The lowest BCUT2D eigenvalue weighted by Gasteiger charge is -2.18. The summed E-state index contributed by atoms with van der Waals surface area (Å²) in [6.45, 7) is 0.136. The number of benzene rings is 2. The first-order chi connectivity index (χ1) is 14.8. The number of halogens is 3. The van der Waals surface area contributed by atoms with Gasteiger partial charge in [0.1, 0.15) is 23.7 Å². The van der Waals surface area contributed by atoms with E-state index in [1.165, 1.54) is 22.9 Å². The highest BCUT2D eigenvalue weighted by Crippen LogP contribution is 2.26. The van der Waals surface area contributed by atoms with Gasteiger partial charge in [-0.2, -0.15) is 18.4 Å². The van der Waals surface area contributed by atoms with Crippen LogP contribution in [0.4, 0.5) is 18.9 Å². The summed E-state index contributed by atoms with van der Waals surface area (Å²) in [5.74, 6) is -0.244. The molecule has 1 heterocycles. The van der Waals surface area contributed by atoms with Crippen LogP contribution in [0.1, 0.15) is 23.0 Å². The minimum absolute atomic E-state index is 0.139. The minimum atomic E-state index is -4.53. The number of amides is 1. The molecule has 0 radical (unpaired) electrons. The molecule has 1 N–H and O–H groups in total. The Balaban J connectivity index is 1.81. The Morgan fingerprint density at radius 2 is 2.00 bits per heavy atom. The van der Waals surface area contributed by atoms with Crippen LogP contribution in [0, 0.1) is 18.3 Å². The molecule has 0 spiro atoms. The zero-order valence-electron chi connectivity index (χ0n) is 16.3.